The molecule has 0 amide bonds. The third-order valence-electron chi connectivity index (χ3n) is 4.36. The molecule has 2 unspecified atom stereocenters. The molecular weight excluding hydrogens is 286 g/mol. The van der Waals surface area contributed by atoms with E-state index in [4.69, 9.17) is 5.73 Å². The summed E-state index contributed by atoms with van der Waals surface area (Å²) in [6.07, 6.45) is 2.90. The van der Waals surface area contributed by atoms with E-state index in [-0.39, 0.29) is 6.04 Å². The van der Waals surface area contributed by atoms with Crippen LogP contribution in [0.3, 0.4) is 0 Å². The Labute approximate surface area is 126 Å². The molecule has 21 heavy (non-hydrogen) atoms. The van der Waals surface area contributed by atoms with Crippen molar-refractivity contribution >= 4 is 15.7 Å². The van der Waals surface area contributed by atoms with Gasteiger partial charge in [-0.05, 0) is 50.8 Å². The van der Waals surface area contributed by atoms with Gasteiger partial charge in [0.05, 0.1) is 5.69 Å². The summed E-state index contributed by atoms with van der Waals surface area (Å²) in [7, 11) is -3.44. The van der Waals surface area contributed by atoms with Gasteiger partial charge in [0, 0.05) is 18.6 Å². The third-order valence-corrected chi connectivity index (χ3v) is 5.93. The number of nitrogens with one attached hydrogen (secondary N) is 1. The first-order chi connectivity index (χ1) is 10.0. The highest BCUT2D eigenvalue weighted by Crippen LogP contribution is 2.34. The summed E-state index contributed by atoms with van der Waals surface area (Å²) >= 11 is 0. The zero-order valence-corrected chi connectivity index (χ0v) is 13.1. The fourth-order valence-electron chi connectivity index (χ4n) is 3.05. The van der Waals surface area contributed by atoms with Crippen molar-refractivity contribution in [3.05, 3.63) is 24.3 Å². The van der Waals surface area contributed by atoms with Gasteiger partial charge in [-0.15, -0.1) is 0 Å². The van der Waals surface area contributed by atoms with Gasteiger partial charge >= 0.3 is 0 Å². The predicted molar refractivity (Wildman–Crippen MR) is 83.8 cm³/mol. The molecule has 0 spiro atoms. The van der Waals surface area contributed by atoms with E-state index in [2.05, 4.69) is 16.5 Å². The van der Waals surface area contributed by atoms with Gasteiger partial charge in [-0.1, -0.05) is 12.1 Å². The highest BCUT2D eigenvalue weighted by Gasteiger charge is 2.34. The summed E-state index contributed by atoms with van der Waals surface area (Å²) in [4.78, 5) is 2.57. The molecule has 0 bridgehead atoms. The second kappa shape index (κ2) is 5.59. The van der Waals surface area contributed by atoms with E-state index >= 15 is 0 Å². The van der Waals surface area contributed by atoms with E-state index in [0.717, 1.165) is 31.5 Å². The Balaban J connectivity index is 1.92. The second-order valence-electron chi connectivity index (χ2n) is 6.20. The van der Waals surface area contributed by atoms with E-state index < -0.39 is 10.0 Å². The van der Waals surface area contributed by atoms with Gasteiger partial charge in [-0.3, -0.25) is 0 Å². The van der Waals surface area contributed by atoms with Gasteiger partial charge in [0.2, 0.25) is 10.0 Å². The van der Waals surface area contributed by atoms with Gasteiger partial charge in [0.25, 0.3) is 0 Å². The first-order valence-corrected chi connectivity index (χ1v) is 9.07. The summed E-state index contributed by atoms with van der Waals surface area (Å²) in [5, 5.41) is 0. The van der Waals surface area contributed by atoms with Gasteiger partial charge in [-0.25, -0.2) is 13.1 Å². The van der Waals surface area contributed by atoms with Crippen LogP contribution < -0.4 is 15.4 Å². The Morgan fingerprint density at radius 1 is 1.33 bits per heavy atom. The van der Waals surface area contributed by atoms with Crippen LogP contribution in [0.4, 0.5) is 5.69 Å². The van der Waals surface area contributed by atoms with E-state index in [0.29, 0.717) is 23.4 Å². The average molecular weight is 309 g/mol. The van der Waals surface area contributed by atoms with Crippen LogP contribution >= 0.6 is 0 Å². The van der Waals surface area contributed by atoms with Crippen LogP contribution in [0.2, 0.25) is 0 Å². The fourth-order valence-corrected chi connectivity index (χ4v) is 4.57. The smallest absolute Gasteiger partial charge is 0.242 e. The van der Waals surface area contributed by atoms with E-state index in [9.17, 15) is 8.42 Å². The van der Waals surface area contributed by atoms with Gasteiger partial charge in [-0.2, -0.15) is 0 Å². The molecule has 1 aliphatic heterocycles. The van der Waals surface area contributed by atoms with Crippen LogP contribution in [0.5, 0.6) is 0 Å². The minimum Gasteiger partial charge on any atom is -0.367 e. The van der Waals surface area contributed by atoms with Crippen LogP contribution in [0, 0.1) is 5.92 Å². The average Bonchev–Trinajstić information content (AvgIpc) is 3.18. The normalized spacial score (nSPS) is 26.3. The minimum atomic E-state index is -3.44. The number of sulfonamides is 1. The Morgan fingerprint density at radius 2 is 2.05 bits per heavy atom. The lowest BCUT2D eigenvalue weighted by molar-refractivity contribution is 0.579. The number of nitrogens with two attached hydrogens (primary N) is 1. The molecular formula is C15H23N3O2S. The highest BCUT2D eigenvalue weighted by molar-refractivity contribution is 7.89. The van der Waals surface area contributed by atoms with E-state index in [1.165, 1.54) is 0 Å². The molecule has 1 saturated heterocycles. The molecule has 2 atom stereocenters. The number of benzene rings is 1. The summed E-state index contributed by atoms with van der Waals surface area (Å²) in [5.74, 6) is 0.437. The highest BCUT2D eigenvalue weighted by atomic mass is 32.2. The Hall–Kier alpha value is -1.11. The number of hydrogen-bond donors (Lipinski definition) is 2. The Kier molecular flexibility index (Phi) is 3.94. The summed E-state index contributed by atoms with van der Waals surface area (Å²) in [6.45, 7) is 3.61. The Morgan fingerprint density at radius 3 is 2.67 bits per heavy atom. The van der Waals surface area contributed by atoms with Gasteiger partial charge in [0.1, 0.15) is 4.90 Å². The van der Waals surface area contributed by atoms with Crippen molar-refractivity contribution < 1.29 is 8.42 Å². The number of para-hydroxylation sites is 1. The van der Waals surface area contributed by atoms with Crippen molar-refractivity contribution in [3.63, 3.8) is 0 Å². The molecule has 1 saturated carbocycles. The van der Waals surface area contributed by atoms with Crippen LogP contribution in [0.25, 0.3) is 0 Å². The molecule has 1 aliphatic carbocycles. The van der Waals surface area contributed by atoms with Gasteiger partial charge in [0.15, 0.2) is 0 Å². The maximum absolute atomic E-state index is 12.6. The lowest BCUT2D eigenvalue weighted by atomic mass is 10.1. The first-order valence-electron chi connectivity index (χ1n) is 7.59. The van der Waals surface area contributed by atoms with Crippen LogP contribution in [-0.4, -0.2) is 33.6 Å². The molecule has 3 rings (SSSR count). The van der Waals surface area contributed by atoms with Crippen molar-refractivity contribution in [1.82, 2.24) is 4.72 Å². The standard InChI is InChI=1S/C15H23N3O2S/c1-11-8-12(9-16)10-18(11)14-4-2-3-5-15(14)21(19,20)17-13-6-7-13/h2-5,11-13,17H,6-10,16H2,1H3. The number of rotatable bonds is 5. The zero-order valence-electron chi connectivity index (χ0n) is 12.3. The molecule has 0 aromatic heterocycles. The lowest BCUT2D eigenvalue weighted by Gasteiger charge is -2.26. The molecule has 1 aromatic rings. The van der Waals surface area contributed by atoms with E-state index in [1.807, 2.05) is 12.1 Å². The fraction of sp³-hybridized carbons (Fsp3) is 0.600. The monoisotopic (exact) mass is 309 g/mol. The number of nitrogens with zero attached hydrogens (tertiary/aromatic N) is 1. The maximum Gasteiger partial charge on any atom is 0.242 e. The van der Waals surface area contributed by atoms with Crippen molar-refractivity contribution in [3.8, 4) is 0 Å². The number of anilines is 1. The lowest BCUT2D eigenvalue weighted by Crippen LogP contribution is -2.32. The third kappa shape index (κ3) is 3.07. The molecule has 0 radical (unpaired) electrons. The van der Waals surface area contributed by atoms with E-state index in [1.54, 1.807) is 12.1 Å². The predicted octanol–water partition coefficient (Wildman–Crippen LogP) is 1.30. The molecule has 116 valence electrons. The topological polar surface area (TPSA) is 75.4 Å². The molecule has 1 heterocycles. The zero-order chi connectivity index (χ0) is 15.0. The first kappa shape index (κ1) is 14.8. The quantitative estimate of drug-likeness (QED) is 0.860. The minimum absolute atomic E-state index is 0.121. The second-order valence-corrected chi connectivity index (χ2v) is 7.88. The Bertz CT molecular complexity index is 613. The molecule has 6 heteroatoms. The molecule has 1 aromatic carbocycles. The van der Waals surface area contributed by atoms with Crippen molar-refractivity contribution in [2.24, 2.45) is 11.7 Å². The van der Waals surface area contributed by atoms with Crippen LogP contribution in [0.15, 0.2) is 29.2 Å². The van der Waals surface area contributed by atoms with Crippen LogP contribution in [-0.2, 0) is 10.0 Å². The maximum atomic E-state index is 12.6. The van der Waals surface area contributed by atoms with Crippen molar-refractivity contribution in [1.29, 1.82) is 0 Å². The largest absolute Gasteiger partial charge is 0.367 e. The number of hydrogen-bond acceptors (Lipinski definition) is 4. The molecule has 3 N–H and O–H groups in total. The summed E-state index contributed by atoms with van der Waals surface area (Å²) in [5.41, 5.74) is 6.58. The van der Waals surface area contributed by atoms with Crippen molar-refractivity contribution in [2.45, 2.75) is 43.2 Å². The summed E-state index contributed by atoms with van der Waals surface area (Å²) < 4.78 is 27.9. The molecule has 2 fully saturated rings. The SMILES string of the molecule is CC1CC(CN)CN1c1ccccc1S(=O)(=O)NC1CC1. The van der Waals surface area contributed by atoms with Crippen molar-refractivity contribution in [2.75, 3.05) is 18.0 Å². The molecule has 2 aliphatic rings. The van der Waals surface area contributed by atoms with Crippen LogP contribution in [0.1, 0.15) is 26.2 Å². The summed E-state index contributed by atoms with van der Waals surface area (Å²) in [6, 6.07) is 7.71. The van der Waals surface area contributed by atoms with Gasteiger partial charge < -0.3 is 10.6 Å². The molecule has 5 nitrogen and oxygen atoms in total.